The van der Waals surface area contributed by atoms with E-state index in [2.05, 4.69) is 4.98 Å². The fourth-order valence-corrected chi connectivity index (χ4v) is 2.99. The van der Waals surface area contributed by atoms with Crippen molar-refractivity contribution < 1.29 is 4.79 Å². The Kier molecular flexibility index (Phi) is 3.80. The maximum atomic E-state index is 12.7. The third kappa shape index (κ3) is 2.72. The average molecular weight is 302 g/mol. The number of hydrogen-bond acceptors (Lipinski definition) is 3. The van der Waals surface area contributed by atoms with Gasteiger partial charge in [-0.05, 0) is 42.7 Å². The minimum atomic E-state index is -0.0458. The van der Waals surface area contributed by atoms with Gasteiger partial charge in [-0.15, -0.1) is 0 Å². The quantitative estimate of drug-likeness (QED) is 0.866. The Balaban J connectivity index is 1.90. The normalized spacial score (nSPS) is 18.0. The highest BCUT2D eigenvalue weighted by atomic mass is 35.5. The molecule has 1 fully saturated rings. The number of nitrogens with zero attached hydrogens (tertiary/aromatic N) is 2. The van der Waals surface area contributed by atoms with Gasteiger partial charge in [-0.25, -0.2) is 0 Å². The van der Waals surface area contributed by atoms with Gasteiger partial charge < -0.3 is 10.6 Å². The van der Waals surface area contributed by atoms with Gasteiger partial charge >= 0.3 is 0 Å². The van der Waals surface area contributed by atoms with Crippen LogP contribution in [0.1, 0.15) is 34.8 Å². The van der Waals surface area contributed by atoms with Gasteiger partial charge in [0.1, 0.15) is 0 Å². The summed E-state index contributed by atoms with van der Waals surface area (Å²) in [4.78, 5) is 18.8. The zero-order chi connectivity index (χ0) is 14.8. The first-order chi connectivity index (χ1) is 10.2. The van der Waals surface area contributed by atoms with E-state index in [1.54, 1.807) is 24.4 Å². The molecule has 1 unspecified atom stereocenters. The maximum absolute atomic E-state index is 12.7. The summed E-state index contributed by atoms with van der Waals surface area (Å²) in [5.74, 6) is -0.0458. The first-order valence-corrected chi connectivity index (χ1v) is 7.30. The lowest BCUT2D eigenvalue weighted by atomic mass is 10.1. The highest BCUT2D eigenvalue weighted by Gasteiger charge is 2.31. The van der Waals surface area contributed by atoms with Crippen LogP contribution in [0.2, 0.25) is 5.02 Å². The number of likely N-dealkylation sites (tertiary alicyclic amines) is 1. The molecule has 0 spiro atoms. The van der Waals surface area contributed by atoms with E-state index >= 15 is 0 Å². The van der Waals surface area contributed by atoms with Gasteiger partial charge in [-0.1, -0.05) is 17.7 Å². The number of halogens is 1. The van der Waals surface area contributed by atoms with Crippen molar-refractivity contribution in [2.24, 2.45) is 0 Å². The third-order valence-electron chi connectivity index (χ3n) is 3.83. The smallest absolute Gasteiger partial charge is 0.256 e. The van der Waals surface area contributed by atoms with E-state index in [1.165, 1.54) is 0 Å². The molecule has 108 valence electrons. The Morgan fingerprint density at radius 1 is 1.38 bits per heavy atom. The fraction of sp³-hybridized carbons (Fsp3) is 0.250. The Labute approximate surface area is 128 Å². The van der Waals surface area contributed by atoms with Crippen LogP contribution >= 0.6 is 11.6 Å². The van der Waals surface area contributed by atoms with Crippen molar-refractivity contribution in [2.75, 3.05) is 12.3 Å². The topological polar surface area (TPSA) is 59.2 Å². The van der Waals surface area contributed by atoms with Crippen LogP contribution in [-0.4, -0.2) is 22.3 Å². The minimum Gasteiger partial charge on any atom is -0.398 e. The van der Waals surface area contributed by atoms with Crippen LogP contribution in [-0.2, 0) is 0 Å². The number of aromatic nitrogens is 1. The van der Waals surface area contributed by atoms with E-state index < -0.39 is 0 Å². The lowest BCUT2D eigenvalue weighted by Crippen LogP contribution is -2.31. The first kappa shape index (κ1) is 13.9. The lowest BCUT2D eigenvalue weighted by molar-refractivity contribution is 0.0736. The Morgan fingerprint density at radius 2 is 2.24 bits per heavy atom. The Hall–Kier alpha value is -2.07. The second-order valence-corrected chi connectivity index (χ2v) is 5.61. The number of nitrogen functional groups attached to an aromatic ring is 1. The highest BCUT2D eigenvalue weighted by molar-refractivity contribution is 6.31. The number of pyridine rings is 1. The molecule has 1 aliphatic heterocycles. The lowest BCUT2D eigenvalue weighted by Gasteiger charge is -2.25. The van der Waals surface area contributed by atoms with E-state index in [-0.39, 0.29) is 11.9 Å². The van der Waals surface area contributed by atoms with Gasteiger partial charge in [-0.2, -0.15) is 0 Å². The minimum absolute atomic E-state index is 0.0458. The van der Waals surface area contributed by atoms with Gasteiger partial charge in [0, 0.05) is 29.6 Å². The van der Waals surface area contributed by atoms with Crippen molar-refractivity contribution in [3.05, 3.63) is 58.9 Å². The van der Waals surface area contributed by atoms with Crippen molar-refractivity contribution in [1.29, 1.82) is 0 Å². The summed E-state index contributed by atoms with van der Waals surface area (Å²) in [6.07, 6.45) is 5.49. The van der Waals surface area contributed by atoms with E-state index in [9.17, 15) is 4.79 Å². The number of rotatable bonds is 2. The molecule has 1 aromatic carbocycles. The first-order valence-electron chi connectivity index (χ1n) is 6.93. The fourth-order valence-electron chi connectivity index (χ4n) is 2.81. The summed E-state index contributed by atoms with van der Waals surface area (Å²) < 4.78 is 0. The summed E-state index contributed by atoms with van der Waals surface area (Å²) in [6, 6.07) is 8.98. The summed E-state index contributed by atoms with van der Waals surface area (Å²) in [6.45, 7) is 0.737. The number of hydrogen-bond donors (Lipinski definition) is 1. The van der Waals surface area contributed by atoms with Gasteiger partial charge in [0.15, 0.2) is 0 Å². The molecule has 1 saturated heterocycles. The largest absolute Gasteiger partial charge is 0.398 e. The standard InChI is InChI=1S/C16H16ClN3O/c17-12-5-6-13(14(18)9-12)16(21)20-8-2-4-15(20)11-3-1-7-19-10-11/h1,3,5-7,9-10,15H,2,4,8,18H2. The molecule has 2 aromatic rings. The van der Waals surface area contributed by atoms with Crippen LogP contribution in [0.3, 0.4) is 0 Å². The molecule has 1 aliphatic rings. The summed E-state index contributed by atoms with van der Waals surface area (Å²) in [7, 11) is 0. The SMILES string of the molecule is Nc1cc(Cl)ccc1C(=O)N1CCCC1c1cccnc1. The van der Waals surface area contributed by atoms with Crippen molar-refractivity contribution in [1.82, 2.24) is 9.88 Å². The molecule has 2 N–H and O–H groups in total. The number of nitrogens with two attached hydrogens (primary N) is 1. The van der Waals surface area contributed by atoms with Gasteiger partial charge in [0.2, 0.25) is 0 Å². The highest BCUT2D eigenvalue weighted by Crippen LogP contribution is 2.33. The molecule has 0 bridgehead atoms. The second-order valence-electron chi connectivity index (χ2n) is 5.17. The molecule has 1 atom stereocenters. The Morgan fingerprint density at radius 3 is 2.95 bits per heavy atom. The molecule has 21 heavy (non-hydrogen) atoms. The van der Waals surface area contributed by atoms with Crippen LogP contribution in [0.4, 0.5) is 5.69 Å². The Bertz CT molecular complexity index is 660. The molecule has 3 rings (SSSR count). The molecule has 1 aromatic heterocycles. The third-order valence-corrected chi connectivity index (χ3v) is 4.06. The van der Waals surface area contributed by atoms with Crippen molar-refractivity contribution in [2.45, 2.75) is 18.9 Å². The summed E-state index contributed by atoms with van der Waals surface area (Å²) in [5, 5.41) is 0.536. The zero-order valence-electron chi connectivity index (χ0n) is 11.5. The van der Waals surface area contributed by atoms with Gasteiger partial charge in [0.25, 0.3) is 5.91 Å². The molecular weight excluding hydrogens is 286 g/mol. The number of benzene rings is 1. The van der Waals surface area contributed by atoms with Crippen molar-refractivity contribution in [3.8, 4) is 0 Å². The molecule has 0 aliphatic carbocycles. The molecule has 0 radical (unpaired) electrons. The van der Waals surface area contributed by atoms with E-state index in [0.29, 0.717) is 16.3 Å². The molecule has 4 nitrogen and oxygen atoms in total. The van der Waals surface area contributed by atoms with Crippen LogP contribution in [0.25, 0.3) is 0 Å². The van der Waals surface area contributed by atoms with E-state index in [0.717, 1.165) is 24.9 Å². The molecule has 1 amide bonds. The summed E-state index contributed by atoms with van der Waals surface area (Å²) >= 11 is 5.89. The number of anilines is 1. The molecule has 2 heterocycles. The van der Waals surface area contributed by atoms with Crippen molar-refractivity contribution >= 4 is 23.2 Å². The van der Waals surface area contributed by atoms with Crippen LogP contribution in [0, 0.1) is 0 Å². The number of carbonyl (C=O) groups is 1. The number of amides is 1. The van der Waals surface area contributed by atoms with E-state index in [4.69, 9.17) is 17.3 Å². The molecule has 0 saturated carbocycles. The van der Waals surface area contributed by atoms with Crippen molar-refractivity contribution in [3.63, 3.8) is 0 Å². The predicted octanol–water partition coefficient (Wildman–Crippen LogP) is 3.29. The molecular formula is C16H16ClN3O. The predicted molar refractivity (Wildman–Crippen MR) is 83.1 cm³/mol. The van der Waals surface area contributed by atoms with Crippen LogP contribution < -0.4 is 5.73 Å². The van der Waals surface area contributed by atoms with Gasteiger partial charge in [-0.3, -0.25) is 9.78 Å². The van der Waals surface area contributed by atoms with Crippen LogP contribution in [0.15, 0.2) is 42.7 Å². The zero-order valence-corrected chi connectivity index (χ0v) is 12.3. The number of carbonyl (C=O) groups excluding carboxylic acids is 1. The second kappa shape index (κ2) is 5.74. The van der Waals surface area contributed by atoms with Gasteiger partial charge in [0.05, 0.1) is 11.6 Å². The van der Waals surface area contributed by atoms with E-state index in [1.807, 2.05) is 23.2 Å². The van der Waals surface area contributed by atoms with Crippen LogP contribution in [0.5, 0.6) is 0 Å². The average Bonchev–Trinajstić information content (AvgIpc) is 2.97. The maximum Gasteiger partial charge on any atom is 0.256 e. The molecule has 5 heteroatoms. The summed E-state index contributed by atoms with van der Waals surface area (Å²) in [5.41, 5.74) is 7.93. The monoisotopic (exact) mass is 301 g/mol.